The number of amides is 2. The molecule has 0 fully saturated rings. The number of carbonyl (C=O) groups excluding carboxylic acids is 2. The lowest BCUT2D eigenvalue weighted by Crippen LogP contribution is -2.29. The average Bonchev–Trinajstić information content (AvgIpc) is 2.85. The Bertz CT molecular complexity index is 922. The van der Waals surface area contributed by atoms with Gasteiger partial charge in [-0.3, -0.25) is 14.6 Å². The average molecular weight is 306 g/mol. The van der Waals surface area contributed by atoms with Crippen LogP contribution in [-0.4, -0.2) is 27.0 Å². The Balaban J connectivity index is 2.04. The molecule has 0 radical (unpaired) electrons. The van der Waals surface area contributed by atoms with Gasteiger partial charge in [-0.25, -0.2) is 4.90 Å². The van der Waals surface area contributed by atoms with Gasteiger partial charge >= 0.3 is 0 Å². The number of aromatic hydroxyl groups is 2. The first-order valence-electron chi connectivity index (χ1n) is 6.87. The van der Waals surface area contributed by atoms with Crippen molar-refractivity contribution < 1.29 is 19.8 Å². The van der Waals surface area contributed by atoms with Crippen molar-refractivity contribution in [3.63, 3.8) is 0 Å². The van der Waals surface area contributed by atoms with E-state index in [-0.39, 0.29) is 27.8 Å². The normalized spacial score (nSPS) is 13.7. The molecule has 2 heterocycles. The Hall–Kier alpha value is -3.41. The van der Waals surface area contributed by atoms with Crippen molar-refractivity contribution >= 4 is 28.4 Å². The number of hydrogen-bond donors (Lipinski definition) is 2. The number of pyridine rings is 1. The number of nitrogens with zero attached hydrogens (tertiary/aromatic N) is 2. The Morgan fingerprint density at radius 3 is 2.17 bits per heavy atom. The summed E-state index contributed by atoms with van der Waals surface area (Å²) < 4.78 is 0. The second-order valence-corrected chi connectivity index (χ2v) is 5.13. The highest BCUT2D eigenvalue weighted by molar-refractivity contribution is 6.37. The number of fused-ring (bicyclic) bond motifs is 2. The van der Waals surface area contributed by atoms with Crippen molar-refractivity contribution in [1.29, 1.82) is 0 Å². The monoisotopic (exact) mass is 306 g/mol. The first kappa shape index (κ1) is 13.3. The number of para-hydroxylation sites is 1. The van der Waals surface area contributed by atoms with E-state index in [4.69, 9.17) is 0 Å². The van der Waals surface area contributed by atoms with Crippen LogP contribution in [0.5, 0.6) is 11.5 Å². The molecule has 6 nitrogen and oxygen atoms in total. The van der Waals surface area contributed by atoms with Crippen molar-refractivity contribution in [1.82, 2.24) is 4.98 Å². The van der Waals surface area contributed by atoms with Gasteiger partial charge in [0.05, 0.1) is 11.3 Å². The van der Waals surface area contributed by atoms with Gasteiger partial charge in [0.15, 0.2) is 5.75 Å². The summed E-state index contributed by atoms with van der Waals surface area (Å²) >= 11 is 0. The summed E-state index contributed by atoms with van der Waals surface area (Å²) in [7, 11) is 0. The summed E-state index contributed by atoms with van der Waals surface area (Å²) in [6, 6.07) is 11.5. The number of imide groups is 1. The first-order valence-corrected chi connectivity index (χ1v) is 6.87. The SMILES string of the molecule is O=C1c2c(c(O)c3ncccc3c2O)C(=O)N1c1ccccc1. The zero-order valence-corrected chi connectivity index (χ0v) is 11.7. The molecule has 0 atom stereocenters. The molecular weight excluding hydrogens is 296 g/mol. The smallest absolute Gasteiger partial charge is 0.270 e. The Kier molecular flexibility index (Phi) is 2.62. The third-order valence-electron chi connectivity index (χ3n) is 3.86. The van der Waals surface area contributed by atoms with E-state index in [1.165, 1.54) is 12.3 Å². The zero-order valence-electron chi connectivity index (χ0n) is 11.7. The highest BCUT2D eigenvalue weighted by Crippen LogP contribution is 2.43. The van der Waals surface area contributed by atoms with Gasteiger partial charge in [0.2, 0.25) is 0 Å². The van der Waals surface area contributed by atoms with Crippen LogP contribution in [0.15, 0.2) is 48.7 Å². The van der Waals surface area contributed by atoms with Gasteiger partial charge in [0, 0.05) is 11.6 Å². The number of aromatic nitrogens is 1. The van der Waals surface area contributed by atoms with Gasteiger partial charge in [0.1, 0.15) is 16.8 Å². The van der Waals surface area contributed by atoms with E-state index in [9.17, 15) is 19.8 Å². The third-order valence-corrected chi connectivity index (χ3v) is 3.86. The number of rotatable bonds is 1. The molecular formula is C17H10N2O4. The fourth-order valence-corrected chi connectivity index (χ4v) is 2.82. The van der Waals surface area contributed by atoms with Gasteiger partial charge in [-0.1, -0.05) is 18.2 Å². The number of carbonyl (C=O) groups is 2. The summed E-state index contributed by atoms with van der Waals surface area (Å²) in [5, 5.41) is 21.0. The fraction of sp³-hybridized carbons (Fsp3) is 0. The minimum absolute atomic E-state index is 0.0832. The standard InChI is InChI=1S/C17H10N2O4/c20-14-10-7-4-8-18-13(10)15(21)12-11(14)16(22)19(17(12)23)9-5-2-1-3-6-9/h1-8,20-21H. The topological polar surface area (TPSA) is 90.7 Å². The van der Waals surface area contributed by atoms with Crippen molar-refractivity contribution in [2.45, 2.75) is 0 Å². The van der Waals surface area contributed by atoms with Crippen LogP contribution < -0.4 is 4.90 Å². The van der Waals surface area contributed by atoms with Crippen LogP contribution >= 0.6 is 0 Å². The molecule has 0 aliphatic carbocycles. The zero-order chi connectivity index (χ0) is 16.1. The van der Waals surface area contributed by atoms with E-state index in [1.807, 2.05) is 0 Å². The summed E-state index contributed by atoms with van der Waals surface area (Å²) in [4.78, 5) is 30.2. The largest absolute Gasteiger partial charge is 0.506 e. The van der Waals surface area contributed by atoms with E-state index in [1.54, 1.807) is 36.4 Å². The quantitative estimate of drug-likeness (QED) is 0.532. The number of phenolic OH excluding ortho intramolecular Hbond substituents is 2. The van der Waals surface area contributed by atoms with E-state index < -0.39 is 17.6 Å². The predicted molar refractivity (Wildman–Crippen MR) is 82.7 cm³/mol. The summed E-state index contributed by atoms with van der Waals surface area (Å²) in [5.41, 5.74) is 0.0359. The number of benzene rings is 2. The second-order valence-electron chi connectivity index (χ2n) is 5.13. The highest BCUT2D eigenvalue weighted by Gasteiger charge is 2.42. The van der Waals surface area contributed by atoms with Gasteiger partial charge < -0.3 is 10.2 Å². The lowest BCUT2D eigenvalue weighted by atomic mass is 10.0. The Labute approximate surface area is 130 Å². The van der Waals surface area contributed by atoms with Crippen LogP contribution in [0.4, 0.5) is 5.69 Å². The maximum atomic E-state index is 12.6. The molecule has 0 unspecified atom stereocenters. The molecule has 3 aromatic rings. The molecule has 1 aliphatic rings. The van der Waals surface area contributed by atoms with Crippen LogP contribution in [0, 0.1) is 0 Å². The fourth-order valence-electron chi connectivity index (χ4n) is 2.82. The lowest BCUT2D eigenvalue weighted by molar-refractivity contribution is 0.0925. The van der Waals surface area contributed by atoms with Gasteiger partial charge in [-0.15, -0.1) is 0 Å². The maximum Gasteiger partial charge on any atom is 0.270 e. The van der Waals surface area contributed by atoms with E-state index >= 15 is 0 Å². The molecule has 0 bridgehead atoms. The molecule has 4 rings (SSSR count). The summed E-state index contributed by atoms with van der Waals surface area (Å²) in [6.45, 7) is 0. The number of hydrogen-bond acceptors (Lipinski definition) is 5. The Morgan fingerprint density at radius 2 is 1.48 bits per heavy atom. The molecule has 6 heteroatoms. The van der Waals surface area contributed by atoms with E-state index in [0.717, 1.165) is 4.90 Å². The molecule has 0 saturated carbocycles. The van der Waals surface area contributed by atoms with Crippen molar-refractivity contribution in [2.75, 3.05) is 4.90 Å². The summed E-state index contributed by atoms with van der Waals surface area (Å²) in [6.07, 6.45) is 1.43. The van der Waals surface area contributed by atoms with Crippen molar-refractivity contribution in [2.24, 2.45) is 0 Å². The second kappa shape index (κ2) is 4.54. The molecule has 2 N–H and O–H groups in total. The van der Waals surface area contributed by atoms with Gasteiger partial charge in [-0.05, 0) is 24.3 Å². The minimum atomic E-state index is -0.684. The molecule has 0 saturated heterocycles. The highest BCUT2D eigenvalue weighted by atomic mass is 16.3. The van der Waals surface area contributed by atoms with Crippen LogP contribution in [0.1, 0.15) is 20.7 Å². The van der Waals surface area contributed by atoms with Gasteiger partial charge in [-0.2, -0.15) is 0 Å². The van der Waals surface area contributed by atoms with Crippen LogP contribution in [0.3, 0.4) is 0 Å². The summed E-state index contributed by atoms with van der Waals surface area (Å²) in [5.74, 6) is -2.10. The lowest BCUT2D eigenvalue weighted by Gasteiger charge is -2.13. The number of anilines is 1. The molecule has 1 aromatic heterocycles. The molecule has 0 spiro atoms. The molecule has 2 amide bonds. The molecule has 23 heavy (non-hydrogen) atoms. The number of phenols is 2. The van der Waals surface area contributed by atoms with Crippen LogP contribution in [0.2, 0.25) is 0 Å². The predicted octanol–water partition coefficient (Wildman–Crippen LogP) is 2.45. The van der Waals surface area contributed by atoms with E-state index in [0.29, 0.717) is 5.69 Å². The maximum absolute atomic E-state index is 12.6. The van der Waals surface area contributed by atoms with E-state index in [2.05, 4.69) is 4.98 Å². The van der Waals surface area contributed by atoms with Crippen LogP contribution in [-0.2, 0) is 0 Å². The third kappa shape index (κ3) is 1.66. The first-order chi connectivity index (χ1) is 11.1. The van der Waals surface area contributed by atoms with Crippen molar-refractivity contribution in [3.05, 3.63) is 59.8 Å². The van der Waals surface area contributed by atoms with Crippen LogP contribution in [0.25, 0.3) is 10.9 Å². The molecule has 112 valence electrons. The molecule has 1 aliphatic heterocycles. The molecule has 2 aromatic carbocycles. The minimum Gasteiger partial charge on any atom is -0.506 e. The van der Waals surface area contributed by atoms with Gasteiger partial charge in [0.25, 0.3) is 11.8 Å². The Morgan fingerprint density at radius 1 is 0.826 bits per heavy atom. The van der Waals surface area contributed by atoms with Crippen molar-refractivity contribution in [3.8, 4) is 11.5 Å².